The molecule has 0 spiro atoms. The third-order valence-corrected chi connectivity index (χ3v) is 6.10. The number of likely N-dealkylation sites (N-methyl/N-ethyl adjacent to an activating group) is 1. The fraction of sp³-hybridized carbons (Fsp3) is 0.562. The quantitative estimate of drug-likeness (QED) is 0.818. The minimum Gasteiger partial charge on any atom is -0.504 e. The molecule has 7 nitrogen and oxygen atoms in total. The molecular formula is C16H23N2O5P. The second-order valence-corrected chi connectivity index (χ2v) is 8.01. The standard InChI is InChI=1S/C16H23N2O5P/c1-18-15(17-24(20,22-3)23-4)8-11-7-13(19)14(21-2)9-12(11)16(18)10-5-6-10/h7,9-10,16,19H,5-6,8H2,1-4H3/b17-15-. The molecule has 1 unspecified atom stereocenters. The van der Waals surface area contributed by atoms with E-state index in [1.54, 1.807) is 13.2 Å². The molecule has 1 N–H and O–H groups in total. The van der Waals surface area contributed by atoms with Gasteiger partial charge < -0.3 is 14.7 Å². The van der Waals surface area contributed by atoms with Crippen LogP contribution < -0.4 is 4.74 Å². The minimum absolute atomic E-state index is 0.0939. The zero-order valence-electron chi connectivity index (χ0n) is 14.4. The lowest BCUT2D eigenvalue weighted by Crippen LogP contribution is -2.38. The van der Waals surface area contributed by atoms with E-state index < -0.39 is 7.75 Å². The van der Waals surface area contributed by atoms with Crippen LogP contribution in [-0.2, 0) is 20.0 Å². The van der Waals surface area contributed by atoms with Gasteiger partial charge in [0.05, 0.1) is 13.2 Å². The molecule has 1 aliphatic carbocycles. The van der Waals surface area contributed by atoms with Crippen molar-refractivity contribution in [1.82, 2.24) is 4.90 Å². The largest absolute Gasteiger partial charge is 0.504 e. The molecule has 0 amide bonds. The summed E-state index contributed by atoms with van der Waals surface area (Å²) in [6, 6.07) is 3.72. The van der Waals surface area contributed by atoms with Crippen molar-refractivity contribution < 1.29 is 23.5 Å². The molecule has 1 fully saturated rings. The van der Waals surface area contributed by atoms with Gasteiger partial charge in [0.1, 0.15) is 5.84 Å². The number of ether oxygens (including phenoxy) is 1. The first-order valence-corrected chi connectivity index (χ1v) is 9.35. The Hall–Kier alpha value is -1.56. The molecular weight excluding hydrogens is 331 g/mol. The van der Waals surface area contributed by atoms with Gasteiger partial charge in [0.2, 0.25) is 0 Å². The first-order valence-electron chi connectivity index (χ1n) is 7.85. The number of hydrogen-bond acceptors (Lipinski definition) is 5. The van der Waals surface area contributed by atoms with E-state index in [1.807, 2.05) is 18.0 Å². The average Bonchev–Trinajstić information content (AvgIpc) is 3.40. The summed E-state index contributed by atoms with van der Waals surface area (Å²) >= 11 is 0. The van der Waals surface area contributed by atoms with Crippen molar-refractivity contribution >= 4 is 13.6 Å². The highest BCUT2D eigenvalue weighted by atomic mass is 31.2. The number of hydrogen-bond donors (Lipinski definition) is 1. The lowest BCUT2D eigenvalue weighted by molar-refractivity contribution is 0.274. The third kappa shape index (κ3) is 3.04. The Kier molecular flexibility index (Phi) is 4.60. The molecule has 8 heteroatoms. The van der Waals surface area contributed by atoms with E-state index in [2.05, 4.69) is 4.76 Å². The third-order valence-electron chi connectivity index (χ3n) is 4.70. The number of aromatic hydroxyl groups is 1. The van der Waals surface area contributed by atoms with Crippen LogP contribution in [0.3, 0.4) is 0 Å². The number of fused-ring (bicyclic) bond motifs is 1. The van der Waals surface area contributed by atoms with Crippen LogP contribution in [0.15, 0.2) is 16.9 Å². The Morgan fingerprint density at radius 3 is 2.46 bits per heavy atom. The Balaban J connectivity index is 2.08. The van der Waals surface area contributed by atoms with Crippen LogP contribution in [0.2, 0.25) is 0 Å². The van der Waals surface area contributed by atoms with Crippen LogP contribution in [0, 0.1) is 5.92 Å². The molecule has 1 aliphatic heterocycles. The second-order valence-electron chi connectivity index (χ2n) is 6.14. The van der Waals surface area contributed by atoms with Gasteiger partial charge >= 0.3 is 7.75 Å². The zero-order valence-corrected chi connectivity index (χ0v) is 15.2. The summed E-state index contributed by atoms with van der Waals surface area (Å²) in [6.45, 7) is 0. The Bertz CT molecular complexity index is 709. The number of phenols is 1. The summed E-state index contributed by atoms with van der Waals surface area (Å²) in [5.74, 6) is 1.71. The van der Waals surface area contributed by atoms with Gasteiger partial charge in [-0.25, -0.2) is 4.57 Å². The number of nitrogens with zero attached hydrogens (tertiary/aromatic N) is 2. The molecule has 0 radical (unpaired) electrons. The molecule has 1 atom stereocenters. The molecule has 1 heterocycles. The normalized spacial score (nSPS) is 22.6. The summed E-state index contributed by atoms with van der Waals surface area (Å²) in [5, 5.41) is 10.1. The molecule has 1 saturated carbocycles. The number of methoxy groups -OCH3 is 1. The van der Waals surface area contributed by atoms with Crippen molar-refractivity contribution in [2.75, 3.05) is 28.4 Å². The van der Waals surface area contributed by atoms with Crippen molar-refractivity contribution in [3.05, 3.63) is 23.3 Å². The van der Waals surface area contributed by atoms with E-state index in [0.29, 0.717) is 23.9 Å². The van der Waals surface area contributed by atoms with Gasteiger partial charge in [-0.2, -0.15) is 4.76 Å². The number of phenolic OH excluding ortho intramolecular Hbond substituents is 1. The van der Waals surface area contributed by atoms with Gasteiger partial charge in [-0.1, -0.05) is 0 Å². The van der Waals surface area contributed by atoms with E-state index in [-0.39, 0.29) is 11.8 Å². The highest BCUT2D eigenvalue weighted by molar-refractivity contribution is 7.52. The maximum atomic E-state index is 12.4. The lowest BCUT2D eigenvalue weighted by atomic mass is 9.89. The predicted octanol–water partition coefficient (Wildman–Crippen LogP) is 3.14. The first-order chi connectivity index (χ1) is 11.4. The van der Waals surface area contributed by atoms with E-state index in [0.717, 1.165) is 24.0 Å². The molecule has 132 valence electrons. The topological polar surface area (TPSA) is 80.6 Å². The van der Waals surface area contributed by atoms with Gasteiger partial charge in [0, 0.05) is 27.7 Å². The van der Waals surface area contributed by atoms with E-state index >= 15 is 0 Å². The number of amidine groups is 1. The molecule has 1 aromatic rings. The lowest BCUT2D eigenvalue weighted by Gasteiger charge is -2.38. The van der Waals surface area contributed by atoms with Crippen LogP contribution in [-0.4, -0.2) is 44.2 Å². The van der Waals surface area contributed by atoms with Gasteiger partial charge in [-0.15, -0.1) is 0 Å². The maximum Gasteiger partial charge on any atom is 0.454 e. The Labute approximate surface area is 141 Å². The molecule has 0 aromatic heterocycles. The fourth-order valence-electron chi connectivity index (χ4n) is 3.27. The first kappa shape index (κ1) is 17.3. The minimum atomic E-state index is -3.50. The monoisotopic (exact) mass is 354 g/mol. The fourth-order valence-corrected chi connectivity index (χ4v) is 4.08. The van der Waals surface area contributed by atoms with Crippen molar-refractivity contribution in [2.24, 2.45) is 10.7 Å². The highest BCUT2D eigenvalue weighted by Gasteiger charge is 2.41. The highest BCUT2D eigenvalue weighted by Crippen LogP contribution is 2.52. The zero-order chi connectivity index (χ0) is 17.5. The molecule has 2 aliphatic rings. The number of benzene rings is 1. The smallest absolute Gasteiger partial charge is 0.454 e. The molecule has 24 heavy (non-hydrogen) atoms. The summed E-state index contributed by atoms with van der Waals surface area (Å²) in [5.41, 5.74) is 2.08. The molecule has 0 bridgehead atoms. The van der Waals surface area contributed by atoms with Crippen LogP contribution in [0.5, 0.6) is 11.5 Å². The summed E-state index contributed by atoms with van der Waals surface area (Å²) in [4.78, 5) is 2.04. The maximum absolute atomic E-state index is 12.4. The van der Waals surface area contributed by atoms with Gasteiger partial charge in [0.25, 0.3) is 0 Å². The SMILES string of the molecule is COc1cc2c(cc1O)C/C(=N/P(=O)(OC)OC)N(C)C2C1CC1. The summed E-state index contributed by atoms with van der Waals surface area (Å²) in [6.07, 6.45) is 2.72. The molecule has 1 aromatic carbocycles. The van der Waals surface area contributed by atoms with Crippen LogP contribution in [0.25, 0.3) is 0 Å². The Morgan fingerprint density at radius 1 is 1.25 bits per heavy atom. The van der Waals surface area contributed by atoms with Gasteiger partial charge in [-0.05, 0) is 42.0 Å². The van der Waals surface area contributed by atoms with Crippen LogP contribution in [0.4, 0.5) is 0 Å². The van der Waals surface area contributed by atoms with Crippen molar-refractivity contribution in [1.29, 1.82) is 0 Å². The van der Waals surface area contributed by atoms with Crippen molar-refractivity contribution in [3.63, 3.8) is 0 Å². The Morgan fingerprint density at radius 2 is 1.92 bits per heavy atom. The summed E-state index contributed by atoms with van der Waals surface area (Å²) in [7, 11) is 2.62. The molecule has 3 rings (SSSR count). The van der Waals surface area contributed by atoms with Crippen molar-refractivity contribution in [2.45, 2.75) is 25.3 Å². The van der Waals surface area contributed by atoms with Gasteiger partial charge in [-0.3, -0.25) is 9.05 Å². The average molecular weight is 354 g/mol. The number of rotatable bonds is 5. The molecule has 0 saturated heterocycles. The van der Waals surface area contributed by atoms with Gasteiger partial charge in [0.15, 0.2) is 11.5 Å². The summed E-state index contributed by atoms with van der Waals surface area (Å²) < 4.78 is 31.8. The second kappa shape index (κ2) is 6.39. The predicted molar refractivity (Wildman–Crippen MR) is 90.7 cm³/mol. The van der Waals surface area contributed by atoms with Crippen LogP contribution >= 0.6 is 7.75 Å². The van der Waals surface area contributed by atoms with Crippen LogP contribution in [0.1, 0.15) is 30.0 Å². The van der Waals surface area contributed by atoms with E-state index in [1.165, 1.54) is 14.2 Å². The van der Waals surface area contributed by atoms with E-state index in [9.17, 15) is 9.67 Å². The van der Waals surface area contributed by atoms with Crippen molar-refractivity contribution in [3.8, 4) is 11.5 Å². The van der Waals surface area contributed by atoms with E-state index in [4.69, 9.17) is 13.8 Å².